The molecule has 0 saturated carbocycles. The molecule has 1 aliphatic rings. The standard InChI is InChI=1S/C19H34N6O/c1-5-20-18(23-11-8-17(16(3)4)26-6-2)24-12-14-25(15-13-24)19-21-9-7-10-22-19/h7,9-10,16-17H,5-6,8,11-15H2,1-4H3,(H,20,23). The molecule has 7 nitrogen and oxygen atoms in total. The maximum atomic E-state index is 5.83. The third-order valence-electron chi connectivity index (χ3n) is 4.55. The molecule has 0 bridgehead atoms. The van der Waals surface area contributed by atoms with Gasteiger partial charge < -0.3 is 19.9 Å². The lowest BCUT2D eigenvalue weighted by Gasteiger charge is -2.36. The quantitative estimate of drug-likeness (QED) is 0.564. The minimum Gasteiger partial charge on any atom is -0.378 e. The molecule has 1 aliphatic heterocycles. The van der Waals surface area contributed by atoms with Gasteiger partial charge in [-0.25, -0.2) is 9.97 Å². The first-order chi connectivity index (χ1) is 12.7. The van der Waals surface area contributed by atoms with E-state index in [1.807, 2.05) is 6.07 Å². The fraction of sp³-hybridized carbons (Fsp3) is 0.737. The van der Waals surface area contributed by atoms with Gasteiger partial charge in [-0.15, -0.1) is 0 Å². The smallest absolute Gasteiger partial charge is 0.225 e. The molecule has 1 N–H and O–H groups in total. The third-order valence-corrected chi connectivity index (χ3v) is 4.55. The summed E-state index contributed by atoms with van der Waals surface area (Å²) in [6.07, 6.45) is 4.82. The van der Waals surface area contributed by atoms with E-state index >= 15 is 0 Å². The highest BCUT2D eigenvalue weighted by atomic mass is 16.5. The summed E-state index contributed by atoms with van der Waals surface area (Å²) in [5.74, 6) is 2.33. The number of aliphatic imine (C=N–C) groups is 1. The van der Waals surface area contributed by atoms with Gasteiger partial charge in [-0.3, -0.25) is 4.99 Å². The lowest BCUT2D eigenvalue weighted by atomic mass is 10.0. The number of ether oxygens (including phenoxy) is 1. The molecule has 2 heterocycles. The van der Waals surface area contributed by atoms with Crippen molar-refractivity contribution < 1.29 is 4.74 Å². The van der Waals surface area contributed by atoms with Crippen molar-refractivity contribution in [2.75, 3.05) is 50.8 Å². The first-order valence-electron chi connectivity index (χ1n) is 9.82. The van der Waals surface area contributed by atoms with Crippen LogP contribution in [0.1, 0.15) is 34.1 Å². The van der Waals surface area contributed by atoms with E-state index < -0.39 is 0 Å². The molecule has 2 rings (SSSR count). The van der Waals surface area contributed by atoms with E-state index in [1.54, 1.807) is 12.4 Å². The van der Waals surface area contributed by atoms with Crippen LogP contribution in [-0.4, -0.2) is 72.8 Å². The molecule has 1 atom stereocenters. The average Bonchev–Trinajstić information content (AvgIpc) is 2.67. The van der Waals surface area contributed by atoms with Crippen LogP contribution in [0.2, 0.25) is 0 Å². The second kappa shape index (κ2) is 11.0. The molecule has 0 spiro atoms. The molecule has 0 amide bonds. The molecule has 1 aromatic rings. The summed E-state index contributed by atoms with van der Waals surface area (Å²) in [6, 6.07) is 1.85. The Balaban J connectivity index is 1.89. The summed E-state index contributed by atoms with van der Waals surface area (Å²) in [5, 5.41) is 3.43. The van der Waals surface area contributed by atoms with E-state index in [0.29, 0.717) is 5.92 Å². The summed E-state index contributed by atoms with van der Waals surface area (Å²) >= 11 is 0. The monoisotopic (exact) mass is 362 g/mol. The predicted molar refractivity (Wildman–Crippen MR) is 107 cm³/mol. The number of aromatic nitrogens is 2. The van der Waals surface area contributed by atoms with Crippen LogP contribution in [0.5, 0.6) is 0 Å². The van der Waals surface area contributed by atoms with E-state index in [1.165, 1.54) is 0 Å². The zero-order valence-corrected chi connectivity index (χ0v) is 16.7. The van der Waals surface area contributed by atoms with Gasteiger partial charge in [0.2, 0.25) is 5.95 Å². The Morgan fingerprint density at radius 3 is 2.46 bits per heavy atom. The van der Waals surface area contributed by atoms with Crippen LogP contribution in [0.3, 0.4) is 0 Å². The highest BCUT2D eigenvalue weighted by molar-refractivity contribution is 5.80. The topological polar surface area (TPSA) is 65.9 Å². The molecule has 0 aliphatic carbocycles. The van der Waals surface area contributed by atoms with Crippen molar-refractivity contribution in [3.8, 4) is 0 Å². The van der Waals surface area contributed by atoms with Crippen molar-refractivity contribution in [3.63, 3.8) is 0 Å². The Bertz CT molecular complexity index is 528. The number of hydrogen-bond acceptors (Lipinski definition) is 5. The zero-order chi connectivity index (χ0) is 18.8. The maximum absolute atomic E-state index is 5.83. The molecule has 1 fully saturated rings. The number of guanidine groups is 1. The van der Waals surface area contributed by atoms with Crippen LogP contribution < -0.4 is 10.2 Å². The van der Waals surface area contributed by atoms with E-state index in [2.05, 4.69) is 52.8 Å². The Kier molecular flexibility index (Phi) is 8.61. The van der Waals surface area contributed by atoms with Crippen molar-refractivity contribution in [2.24, 2.45) is 10.9 Å². The van der Waals surface area contributed by atoms with Crippen LogP contribution >= 0.6 is 0 Å². The Hall–Kier alpha value is -1.89. The highest BCUT2D eigenvalue weighted by Crippen LogP contribution is 2.12. The number of nitrogens with zero attached hydrogens (tertiary/aromatic N) is 5. The number of rotatable bonds is 8. The van der Waals surface area contributed by atoms with E-state index in [-0.39, 0.29) is 6.10 Å². The predicted octanol–water partition coefficient (Wildman–Crippen LogP) is 2.02. The maximum Gasteiger partial charge on any atom is 0.225 e. The molecule has 146 valence electrons. The molecule has 0 aromatic carbocycles. The molecule has 7 heteroatoms. The molecular weight excluding hydrogens is 328 g/mol. The normalized spacial score (nSPS) is 16.9. The van der Waals surface area contributed by atoms with Gasteiger partial charge in [-0.05, 0) is 32.3 Å². The summed E-state index contributed by atoms with van der Waals surface area (Å²) in [5.41, 5.74) is 0. The second-order valence-electron chi connectivity index (χ2n) is 6.79. The van der Waals surface area contributed by atoms with Crippen LogP contribution in [0.4, 0.5) is 5.95 Å². The van der Waals surface area contributed by atoms with Crippen molar-refractivity contribution in [3.05, 3.63) is 18.5 Å². The van der Waals surface area contributed by atoms with Gasteiger partial charge in [0.25, 0.3) is 0 Å². The SMILES string of the molecule is CCNC(=NCCC(OCC)C(C)C)N1CCN(c2ncccn2)CC1. The first-order valence-corrected chi connectivity index (χ1v) is 9.82. The van der Waals surface area contributed by atoms with Crippen molar-refractivity contribution >= 4 is 11.9 Å². The molecule has 26 heavy (non-hydrogen) atoms. The molecule has 0 radical (unpaired) electrons. The second-order valence-corrected chi connectivity index (χ2v) is 6.79. The van der Waals surface area contributed by atoms with E-state index in [0.717, 1.165) is 64.2 Å². The van der Waals surface area contributed by atoms with Crippen molar-refractivity contribution in [1.82, 2.24) is 20.2 Å². The fourth-order valence-electron chi connectivity index (χ4n) is 3.12. The molecule has 1 unspecified atom stereocenters. The average molecular weight is 363 g/mol. The van der Waals surface area contributed by atoms with Crippen LogP contribution in [-0.2, 0) is 4.74 Å². The van der Waals surface area contributed by atoms with Crippen LogP contribution in [0.15, 0.2) is 23.5 Å². The number of nitrogens with one attached hydrogen (secondary N) is 1. The highest BCUT2D eigenvalue weighted by Gasteiger charge is 2.21. The zero-order valence-electron chi connectivity index (χ0n) is 16.7. The molecule has 1 saturated heterocycles. The van der Waals surface area contributed by atoms with Crippen LogP contribution in [0.25, 0.3) is 0 Å². The van der Waals surface area contributed by atoms with E-state index in [9.17, 15) is 0 Å². The van der Waals surface area contributed by atoms with Crippen molar-refractivity contribution in [2.45, 2.75) is 40.2 Å². The number of anilines is 1. The number of hydrogen-bond donors (Lipinski definition) is 1. The van der Waals surface area contributed by atoms with Gasteiger partial charge in [0.15, 0.2) is 5.96 Å². The Labute approximate surface area is 157 Å². The lowest BCUT2D eigenvalue weighted by Crippen LogP contribution is -2.53. The van der Waals surface area contributed by atoms with Gasteiger partial charge in [0.05, 0.1) is 6.10 Å². The lowest BCUT2D eigenvalue weighted by molar-refractivity contribution is 0.0266. The summed E-state index contributed by atoms with van der Waals surface area (Å²) in [6.45, 7) is 14.7. The largest absolute Gasteiger partial charge is 0.378 e. The molecular formula is C19H34N6O. The molecule has 1 aromatic heterocycles. The summed E-state index contributed by atoms with van der Waals surface area (Å²) in [7, 11) is 0. The van der Waals surface area contributed by atoms with Crippen molar-refractivity contribution in [1.29, 1.82) is 0 Å². The van der Waals surface area contributed by atoms with Gasteiger partial charge >= 0.3 is 0 Å². The Morgan fingerprint density at radius 2 is 1.88 bits per heavy atom. The van der Waals surface area contributed by atoms with Gasteiger partial charge in [0, 0.05) is 58.3 Å². The fourth-order valence-corrected chi connectivity index (χ4v) is 3.12. The van der Waals surface area contributed by atoms with Crippen LogP contribution in [0, 0.1) is 5.92 Å². The third kappa shape index (κ3) is 6.12. The Morgan fingerprint density at radius 1 is 1.19 bits per heavy atom. The minimum atomic E-state index is 0.277. The number of piperazine rings is 1. The summed E-state index contributed by atoms with van der Waals surface area (Å²) < 4.78 is 5.83. The minimum absolute atomic E-state index is 0.277. The summed E-state index contributed by atoms with van der Waals surface area (Å²) in [4.78, 5) is 18.1. The van der Waals surface area contributed by atoms with Gasteiger partial charge in [0.1, 0.15) is 0 Å². The van der Waals surface area contributed by atoms with Gasteiger partial charge in [-0.1, -0.05) is 13.8 Å². The van der Waals surface area contributed by atoms with E-state index in [4.69, 9.17) is 9.73 Å². The van der Waals surface area contributed by atoms with Gasteiger partial charge in [-0.2, -0.15) is 0 Å². The first kappa shape index (κ1) is 20.4.